The van der Waals surface area contributed by atoms with Crippen LogP contribution in [0.4, 0.5) is 0 Å². The standard InChI is InChI=1S/4C13H20N2O2.Ru/c4*1-5-10-7-6-8-11(10)15(4)12(13(16)17)14-9(2)3;/h4*6-7,9H,5,8H2,1-4H3,(H,16,17);/q;;;;+4/p-4. The van der Waals surface area contributed by atoms with Crippen molar-refractivity contribution in [3.05, 3.63) is 93.7 Å². The molecular weight excluding hydrogens is 966 g/mol. The van der Waals surface area contributed by atoms with Crippen molar-refractivity contribution in [2.45, 2.75) is 159 Å². The Balaban J connectivity index is 0.000000889. The van der Waals surface area contributed by atoms with Gasteiger partial charge in [-0.2, -0.15) is 0 Å². The molecule has 0 unspecified atom stereocenters. The predicted molar refractivity (Wildman–Crippen MR) is 266 cm³/mol. The number of carbonyl (C=O) groups is 4. The van der Waals surface area contributed by atoms with Crippen molar-refractivity contribution < 1.29 is 59.1 Å². The van der Waals surface area contributed by atoms with Crippen molar-refractivity contribution in [1.82, 2.24) is 19.6 Å². The minimum Gasteiger partial charge on any atom is -0.542 e. The Morgan fingerprint density at radius 2 is 0.565 bits per heavy atom. The quantitative estimate of drug-likeness (QED) is 0.151. The van der Waals surface area contributed by atoms with Crippen LogP contribution in [0.5, 0.6) is 0 Å². The van der Waals surface area contributed by atoms with Gasteiger partial charge in [-0.15, -0.1) is 0 Å². The monoisotopic (exact) mass is 1040 g/mol. The van der Waals surface area contributed by atoms with E-state index in [0.29, 0.717) is 0 Å². The number of rotatable bonds is 12. The summed E-state index contributed by atoms with van der Waals surface area (Å²) in [5.41, 5.74) is 8.62. The summed E-state index contributed by atoms with van der Waals surface area (Å²) < 4.78 is 0. The van der Waals surface area contributed by atoms with E-state index in [9.17, 15) is 39.6 Å². The molecule has 17 heteroatoms. The Morgan fingerprint density at radius 1 is 0.406 bits per heavy atom. The molecule has 4 aliphatic carbocycles. The van der Waals surface area contributed by atoms with Crippen molar-refractivity contribution in [3.63, 3.8) is 0 Å². The molecule has 0 aromatic carbocycles. The van der Waals surface area contributed by atoms with Crippen molar-refractivity contribution in [3.8, 4) is 0 Å². The molecule has 4 aliphatic rings. The maximum atomic E-state index is 11.1. The zero-order valence-electron chi connectivity index (χ0n) is 43.8. The van der Waals surface area contributed by atoms with Crippen molar-refractivity contribution in [2.24, 2.45) is 20.0 Å². The Morgan fingerprint density at radius 3 is 0.681 bits per heavy atom. The second-order valence-corrected chi connectivity index (χ2v) is 17.3. The number of nitrogens with zero attached hydrogens (tertiary/aromatic N) is 8. The third-order valence-corrected chi connectivity index (χ3v) is 10.7. The predicted octanol–water partition coefficient (Wildman–Crippen LogP) is 4.39. The molecule has 0 heterocycles. The summed E-state index contributed by atoms with van der Waals surface area (Å²) in [5.74, 6) is -4.89. The minimum absolute atomic E-state index is 0. The number of likely N-dealkylation sites (N-methyl/N-ethyl adjacent to an activating group) is 4. The molecule has 0 aromatic rings. The van der Waals surface area contributed by atoms with Gasteiger partial charge in [-0.3, -0.25) is 20.0 Å². The normalized spacial score (nSPS) is 15.7. The van der Waals surface area contributed by atoms with Gasteiger partial charge in [0.15, 0.2) is 23.3 Å². The Kier molecular flexibility index (Phi) is 28.8. The molecule has 0 saturated heterocycles. The number of amidine groups is 4. The van der Waals surface area contributed by atoms with Crippen LogP contribution in [0.2, 0.25) is 0 Å². The summed E-state index contributed by atoms with van der Waals surface area (Å²) in [4.78, 5) is 67.4. The fourth-order valence-corrected chi connectivity index (χ4v) is 7.45. The zero-order valence-corrected chi connectivity index (χ0v) is 45.5. The van der Waals surface area contributed by atoms with Gasteiger partial charge in [0, 0.05) is 101 Å². The molecule has 0 N–H and O–H groups in total. The average molecular weight is 1040 g/mol. The van der Waals surface area contributed by atoms with E-state index in [1.54, 1.807) is 47.8 Å². The summed E-state index contributed by atoms with van der Waals surface area (Å²) in [5, 5.41) is 44.4. The number of hydrogen-bond acceptors (Lipinski definition) is 12. The van der Waals surface area contributed by atoms with Gasteiger partial charge in [-0.25, -0.2) is 0 Å². The van der Waals surface area contributed by atoms with Crippen LogP contribution < -0.4 is 20.4 Å². The number of aliphatic imine (C=N–C) groups is 4. The van der Waals surface area contributed by atoms with Crippen molar-refractivity contribution in [2.75, 3.05) is 28.2 Å². The van der Waals surface area contributed by atoms with E-state index in [-0.39, 0.29) is 67.0 Å². The number of carbonyl (C=O) groups excluding carboxylic acids is 4. The molecule has 0 saturated carbocycles. The first-order chi connectivity index (χ1) is 31.9. The van der Waals surface area contributed by atoms with E-state index in [0.717, 1.165) is 96.4 Å². The molecule has 0 radical (unpaired) electrons. The fourth-order valence-electron chi connectivity index (χ4n) is 7.45. The molecule has 380 valence electrons. The molecular formula is C52H76N8O8Ru. The molecule has 69 heavy (non-hydrogen) atoms. The number of carboxylic acid groups (broad SMARTS) is 4. The topological polar surface area (TPSA) is 223 Å². The summed E-state index contributed by atoms with van der Waals surface area (Å²) >= 11 is 0. The summed E-state index contributed by atoms with van der Waals surface area (Å²) in [7, 11) is 6.92. The van der Waals surface area contributed by atoms with Gasteiger partial charge in [-0.05, 0) is 103 Å². The van der Waals surface area contributed by atoms with Crippen LogP contribution in [-0.4, -0.2) is 119 Å². The Hall–Kier alpha value is -5.70. The molecule has 0 aromatic heterocycles. The molecule has 0 spiro atoms. The van der Waals surface area contributed by atoms with E-state index >= 15 is 0 Å². The third kappa shape index (κ3) is 20.0. The second kappa shape index (κ2) is 31.4. The molecule has 0 bridgehead atoms. The molecule has 16 nitrogen and oxygen atoms in total. The van der Waals surface area contributed by atoms with E-state index in [1.165, 1.54) is 0 Å². The fraction of sp³-hybridized carbons (Fsp3) is 0.538. The van der Waals surface area contributed by atoms with E-state index in [4.69, 9.17) is 0 Å². The molecule has 0 amide bonds. The maximum Gasteiger partial charge on any atom is 4.00 e. The first-order valence-corrected chi connectivity index (χ1v) is 23.5. The molecule has 0 aliphatic heterocycles. The van der Waals surface area contributed by atoms with Crippen LogP contribution in [0.25, 0.3) is 0 Å². The van der Waals surface area contributed by atoms with Crippen LogP contribution in [0.1, 0.15) is 134 Å². The summed E-state index contributed by atoms with van der Waals surface area (Å²) in [6.45, 7) is 23.0. The maximum absolute atomic E-state index is 11.1. The van der Waals surface area contributed by atoms with Gasteiger partial charge >= 0.3 is 19.5 Å². The van der Waals surface area contributed by atoms with Gasteiger partial charge in [0.25, 0.3) is 0 Å². The molecule has 0 fully saturated rings. The first-order valence-electron chi connectivity index (χ1n) is 23.5. The Labute approximate surface area is 424 Å². The van der Waals surface area contributed by atoms with Crippen LogP contribution in [0.15, 0.2) is 114 Å². The van der Waals surface area contributed by atoms with Gasteiger partial charge in [0.05, 0.1) is 0 Å². The molecule has 0 atom stereocenters. The Bertz CT molecular complexity index is 1880. The van der Waals surface area contributed by atoms with Crippen LogP contribution in [0.3, 0.4) is 0 Å². The van der Waals surface area contributed by atoms with Crippen molar-refractivity contribution >= 4 is 47.2 Å². The van der Waals surface area contributed by atoms with Crippen LogP contribution in [0, 0.1) is 0 Å². The molecule has 4 rings (SSSR count). The number of hydrogen-bond donors (Lipinski definition) is 0. The summed E-state index contributed by atoms with van der Waals surface area (Å²) in [6, 6.07) is -0.258. The first kappa shape index (κ1) is 63.3. The van der Waals surface area contributed by atoms with Gasteiger partial charge in [-0.1, -0.05) is 76.3 Å². The van der Waals surface area contributed by atoms with Gasteiger partial charge < -0.3 is 59.2 Å². The number of allylic oxidation sites excluding steroid dienone is 12. The van der Waals surface area contributed by atoms with Crippen LogP contribution >= 0.6 is 0 Å². The van der Waals surface area contributed by atoms with Gasteiger partial charge in [0.1, 0.15) is 23.9 Å². The summed E-state index contributed by atoms with van der Waals surface area (Å²) in [6.07, 6.45) is 22.8. The number of carboxylic acids is 4. The largest absolute Gasteiger partial charge is 4.00 e. The van der Waals surface area contributed by atoms with Crippen LogP contribution in [-0.2, 0) is 38.7 Å². The average Bonchev–Trinajstić information content (AvgIpc) is 4.12. The SMILES string of the molecule is CCC1=C(N(C)C(=NC(C)C)C(=O)[O-])CC=C1.CCC1=C(N(C)C(=NC(C)C)C(=O)[O-])CC=C1.CCC1=C(N(C)C(=NC(C)C)C(=O)[O-])CC=C1.CCC1=C(N(C)C(=NC(C)C)C(=O)[O-])CC=C1.[Ru+4]. The minimum atomic E-state index is -1.23. The second-order valence-electron chi connectivity index (χ2n) is 17.3. The third-order valence-electron chi connectivity index (χ3n) is 10.7. The van der Waals surface area contributed by atoms with Gasteiger partial charge in [0.2, 0.25) is 0 Å². The van der Waals surface area contributed by atoms with E-state index < -0.39 is 23.9 Å². The van der Waals surface area contributed by atoms with Crippen molar-refractivity contribution in [1.29, 1.82) is 0 Å². The van der Waals surface area contributed by atoms with E-state index in [1.807, 2.05) is 104 Å². The number of aliphatic carboxylic acids is 4. The smallest absolute Gasteiger partial charge is 0.542 e. The van der Waals surface area contributed by atoms with E-state index in [2.05, 4.69) is 47.7 Å². The zero-order chi connectivity index (χ0) is 52.0.